The van der Waals surface area contributed by atoms with E-state index in [-0.39, 0.29) is 5.91 Å². The van der Waals surface area contributed by atoms with Gasteiger partial charge in [0.1, 0.15) is 0 Å². The zero-order valence-electron chi connectivity index (χ0n) is 16.0. The van der Waals surface area contributed by atoms with Gasteiger partial charge in [-0.2, -0.15) is 0 Å². The largest absolute Gasteiger partial charge is 0.479 e. The second-order valence-corrected chi connectivity index (χ2v) is 6.28. The molecule has 29 heavy (non-hydrogen) atoms. The number of carboxylic acids is 2. The minimum atomic E-state index is -2.27. The van der Waals surface area contributed by atoms with Crippen molar-refractivity contribution in [2.45, 2.75) is 38.4 Å². The third-order valence-corrected chi connectivity index (χ3v) is 4.11. The van der Waals surface area contributed by atoms with Crippen LogP contribution in [0.5, 0.6) is 0 Å². The molecule has 0 aromatic heterocycles. The molecule has 0 saturated heterocycles. The molecule has 0 radical (unpaired) electrons. The highest BCUT2D eigenvalue weighted by Gasteiger charge is 2.29. The van der Waals surface area contributed by atoms with Crippen LogP contribution in [-0.2, 0) is 27.2 Å². The lowest BCUT2D eigenvalue weighted by atomic mass is 10.0. The van der Waals surface area contributed by atoms with Crippen LogP contribution in [0, 0.1) is 0 Å². The fraction of sp³-hybridized carbons (Fsp3) is 0.286. The summed E-state index contributed by atoms with van der Waals surface area (Å²) in [6.45, 7) is 2.16. The van der Waals surface area contributed by atoms with E-state index in [9.17, 15) is 14.4 Å². The predicted molar refractivity (Wildman–Crippen MR) is 106 cm³/mol. The van der Waals surface area contributed by atoms with E-state index in [1.54, 1.807) is 0 Å². The average molecular weight is 403 g/mol. The molecule has 0 fully saturated rings. The molecule has 8 nitrogen and oxygen atoms in total. The first-order valence-electron chi connectivity index (χ1n) is 8.94. The van der Waals surface area contributed by atoms with Gasteiger partial charge in [-0.3, -0.25) is 4.79 Å². The van der Waals surface area contributed by atoms with Gasteiger partial charge in [-0.15, -0.1) is 0 Å². The summed E-state index contributed by atoms with van der Waals surface area (Å²) >= 11 is 0. The standard InChI is InChI=1S/C17H19NO.C4H6O6/c1-2-13-3-8-15(9-4-13)16-10-5-14(6-11-16)7-12-17(18)19;5-1(3(7)8)2(6)4(9)10/h3-6,8-11H,2,7,12H2,1H3,(H2,18,19);1-2,5-6H,(H,7,8)(H,9,10). The van der Waals surface area contributed by atoms with E-state index in [1.807, 2.05) is 0 Å². The Morgan fingerprint density at radius 2 is 1.17 bits per heavy atom. The summed E-state index contributed by atoms with van der Waals surface area (Å²) in [7, 11) is 0. The summed E-state index contributed by atoms with van der Waals surface area (Å²) in [5.41, 5.74) is 10.1. The number of rotatable bonds is 8. The van der Waals surface area contributed by atoms with Crippen molar-refractivity contribution in [3.8, 4) is 11.1 Å². The monoisotopic (exact) mass is 403 g/mol. The first-order chi connectivity index (χ1) is 13.6. The predicted octanol–water partition coefficient (Wildman–Crippen LogP) is 1.21. The number of carbonyl (C=O) groups is 3. The lowest BCUT2D eigenvalue weighted by Gasteiger charge is -2.07. The van der Waals surface area contributed by atoms with Crippen molar-refractivity contribution in [3.05, 3.63) is 59.7 Å². The van der Waals surface area contributed by atoms with Crippen LogP contribution in [0.2, 0.25) is 0 Å². The molecule has 2 atom stereocenters. The molecule has 2 rings (SSSR count). The Hall–Kier alpha value is -3.23. The minimum Gasteiger partial charge on any atom is -0.479 e. The Morgan fingerprint density at radius 1 is 0.793 bits per heavy atom. The third kappa shape index (κ3) is 8.12. The molecular formula is C21H25NO7. The fourth-order valence-electron chi connectivity index (χ4n) is 2.33. The van der Waals surface area contributed by atoms with Gasteiger partial charge >= 0.3 is 11.9 Å². The molecule has 0 heterocycles. The zero-order valence-corrected chi connectivity index (χ0v) is 16.0. The lowest BCUT2D eigenvalue weighted by molar-refractivity contribution is -0.165. The Bertz CT molecular complexity index is 798. The van der Waals surface area contributed by atoms with Crippen LogP contribution in [-0.4, -0.2) is 50.5 Å². The normalized spacial score (nSPS) is 12.2. The van der Waals surface area contributed by atoms with Crippen LogP contribution in [0.15, 0.2) is 48.5 Å². The van der Waals surface area contributed by atoms with E-state index in [0.29, 0.717) is 12.8 Å². The maximum absolute atomic E-state index is 10.7. The second kappa shape index (κ2) is 11.6. The van der Waals surface area contributed by atoms with Crippen LogP contribution in [0.1, 0.15) is 24.5 Å². The van der Waals surface area contributed by atoms with Crippen molar-refractivity contribution in [2.75, 3.05) is 0 Å². The number of aliphatic carboxylic acids is 2. The molecule has 0 aliphatic carbocycles. The molecule has 2 aromatic rings. The van der Waals surface area contributed by atoms with E-state index in [4.69, 9.17) is 26.2 Å². The van der Waals surface area contributed by atoms with Crippen molar-refractivity contribution >= 4 is 17.8 Å². The number of nitrogens with two attached hydrogens (primary N) is 1. The number of amides is 1. The topological polar surface area (TPSA) is 158 Å². The van der Waals surface area contributed by atoms with Gasteiger partial charge in [-0.05, 0) is 35.1 Å². The van der Waals surface area contributed by atoms with E-state index in [2.05, 4.69) is 55.5 Å². The Labute approximate surface area is 168 Å². The van der Waals surface area contributed by atoms with Gasteiger partial charge in [0, 0.05) is 6.42 Å². The number of benzene rings is 2. The Morgan fingerprint density at radius 3 is 1.48 bits per heavy atom. The number of carbonyl (C=O) groups excluding carboxylic acids is 1. The number of hydrogen-bond acceptors (Lipinski definition) is 5. The zero-order chi connectivity index (χ0) is 22.0. The molecular weight excluding hydrogens is 378 g/mol. The molecule has 0 saturated carbocycles. The first-order valence-corrected chi connectivity index (χ1v) is 8.94. The van der Waals surface area contributed by atoms with E-state index >= 15 is 0 Å². The molecule has 6 N–H and O–H groups in total. The summed E-state index contributed by atoms with van der Waals surface area (Å²) in [6.07, 6.45) is -2.35. The average Bonchev–Trinajstić information content (AvgIpc) is 2.71. The molecule has 2 aromatic carbocycles. The van der Waals surface area contributed by atoms with E-state index in [1.165, 1.54) is 16.7 Å². The van der Waals surface area contributed by atoms with Crippen molar-refractivity contribution in [2.24, 2.45) is 5.73 Å². The van der Waals surface area contributed by atoms with Crippen molar-refractivity contribution in [1.82, 2.24) is 0 Å². The van der Waals surface area contributed by atoms with Crippen LogP contribution in [0.3, 0.4) is 0 Å². The molecule has 1 amide bonds. The summed E-state index contributed by atoms with van der Waals surface area (Å²) in [5, 5.41) is 32.5. The molecule has 0 bridgehead atoms. The minimum absolute atomic E-state index is 0.251. The number of aryl methyl sites for hydroxylation is 2. The molecule has 156 valence electrons. The van der Waals surface area contributed by atoms with Crippen LogP contribution in [0.25, 0.3) is 11.1 Å². The Balaban J connectivity index is 0.000000359. The summed E-state index contributed by atoms with van der Waals surface area (Å²) in [5.74, 6) is -3.79. The molecule has 0 aliphatic rings. The van der Waals surface area contributed by atoms with Gasteiger partial charge in [-0.25, -0.2) is 9.59 Å². The van der Waals surface area contributed by atoms with Crippen LogP contribution >= 0.6 is 0 Å². The van der Waals surface area contributed by atoms with Crippen molar-refractivity contribution in [3.63, 3.8) is 0 Å². The smallest absolute Gasteiger partial charge is 0.335 e. The number of aliphatic hydroxyl groups excluding tert-OH is 2. The van der Waals surface area contributed by atoms with Crippen molar-refractivity contribution in [1.29, 1.82) is 0 Å². The van der Waals surface area contributed by atoms with Gasteiger partial charge in [0.15, 0.2) is 12.2 Å². The first kappa shape index (κ1) is 23.8. The molecule has 2 unspecified atom stereocenters. The van der Waals surface area contributed by atoms with Crippen LogP contribution in [0.4, 0.5) is 0 Å². The third-order valence-electron chi connectivity index (χ3n) is 4.11. The highest BCUT2D eigenvalue weighted by Crippen LogP contribution is 2.21. The Kier molecular flexibility index (Phi) is 9.50. The highest BCUT2D eigenvalue weighted by atomic mass is 16.4. The summed E-state index contributed by atoms with van der Waals surface area (Å²) < 4.78 is 0. The lowest BCUT2D eigenvalue weighted by Crippen LogP contribution is -2.39. The van der Waals surface area contributed by atoms with Gasteiger partial charge in [0.25, 0.3) is 0 Å². The fourth-order valence-corrected chi connectivity index (χ4v) is 2.33. The van der Waals surface area contributed by atoms with Gasteiger partial charge in [0.2, 0.25) is 5.91 Å². The second-order valence-electron chi connectivity index (χ2n) is 6.28. The molecule has 8 heteroatoms. The maximum atomic E-state index is 10.7. The van der Waals surface area contributed by atoms with Crippen LogP contribution < -0.4 is 5.73 Å². The van der Waals surface area contributed by atoms with Gasteiger partial charge < -0.3 is 26.2 Å². The van der Waals surface area contributed by atoms with Crippen molar-refractivity contribution < 1.29 is 34.8 Å². The molecule has 0 aliphatic heterocycles. The number of aliphatic hydroxyl groups is 2. The molecule has 0 spiro atoms. The maximum Gasteiger partial charge on any atom is 0.335 e. The van der Waals surface area contributed by atoms with E-state index < -0.39 is 24.1 Å². The SMILES string of the molecule is CCc1ccc(-c2ccc(CCC(N)=O)cc2)cc1.O=C(O)C(O)C(O)C(=O)O. The number of hydrogen-bond donors (Lipinski definition) is 5. The number of carboxylic acid groups (broad SMARTS) is 2. The quantitative estimate of drug-likeness (QED) is 0.443. The van der Waals surface area contributed by atoms with E-state index in [0.717, 1.165) is 12.0 Å². The van der Waals surface area contributed by atoms with Gasteiger partial charge in [0.05, 0.1) is 0 Å². The summed E-state index contributed by atoms with van der Waals surface area (Å²) in [6, 6.07) is 16.9. The van der Waals surface area contributed by atoms with Gasteiger partial charge in [-0.1, -0.05) is 55.5 Å². The highest BCUT2D eigenvalue weighted by molar-refractivity contribution is 5.83. The number of primary amides is 1. The summed E-state index contributed by atoms with van der Waals surface area (Å²) in [4.78, 5) is 30.3.